The molecule has 0 amide bonds. The van der Waals surface area contributed by atoms with Crippen molar-refractivity contribution in [1.82, 2.24) is 0 Å². The second kappa shape index (κ2) is 3.05. The van der Waals surface area contributed by atoms with Crippen LogP contribution in [0.3, 0.4) is 0 Å². The average molecular weight is 158 g/mol. The SMILES string of the molecule is c1cccc(C2=NCOC=N2)c#1. The molecule has 0 N–H and O–H groups in total. The highest BCUT2D eigenvalue weighted by atomic mass is 16.5. The first-order valence-electron chi connectivity index (χ1n) is 3.54. The monoisotopic (exact) mass is 158 g/mol. The van der Waals surface area contributed by atoms with Gasteiger partial charge in [-0.15, -0.1) is 0 Å². The number of aliphatic imine (C=N–C) groups is 2. The van der Waals surface area contributed by atoms with Crippen LogP contribution >= 0.6 is 0 Å². The number of rotatable bonds is 1. The van der Waals surface area contributed by atoms with Gasteiger partial charge in [0.15, 0.2) is 19.0 Å². The minimum atomic E-state index is 0.335. The van der Waals surface area contributed by atoms with Gasteiger partial charge in [0.1, 0.15) is 0 Å². The fourth-order valence-electron chi connectivity index (χ4n) is 0.898. The molecule has 0 spiro atoms. The lowest BCUT2D eigenvalue weighted by atomic mass is 10.2. The van der Waals surface area contributed by atoms with E-state index < -0.39 is 0 Å². The van der Waals surface area contributed by atoms with Gasteiger partial charge < -0.3 is 4.74 Å². The largest absolute Gasteiger partial charge is 0.461 e. The van der Waals surface area contributed by atoms with Crippen LogP contribution in [0.1, 0.15) is 5.56 Å². The first kappa shape index (κ1) is 6.86. The minimum absolute atomic E-state index is 0.335. The van der Waals surface area contributed by atoms with Crippen molar-refractivity contribution in [2.75, 3.05) is 6.73 Å². The fourth-order valence-corrected chi connectivity index (χ4v) is 0.898. The standard InChI is InChI=1S/C9H6N2O/c1-2-4-8(5-3-1)9-10-6-12-7-11-9/h1-2,4,6H,7H2. The van der Waals surface area contributed by atoms with E-state index in [0.717, 1.165) is 5.56 Å². The summed E-state index contributed by atoms with van der Waals surface area (Å²) in [6.07, 6.45) is 1.39. The summed E-state index contributed by atoms with van der Waals surface area (Å²) < 4.78 is 4.82. The van der Waals surface area contributed by atoms with Crippen LogP contribution in [0.2, 0.25) is 0 Å². The van der Waals surface area contributed by atoms with E-state index in [1.165, 1.54) is 6.40 Å². The van der Waals surface area contributed by atoms with Gasteiger partial charge in [-0.25, -0.2) is 4.99 Å². The maximum atomic E-state index is 4.82. The van der Waals surface area contributed by atoms with Crippen molar-refractivity contribution < 1.29 is 4.74 Å². The molecular weight excluding hydrogens is 152 g/mol. The molecule has 1 aromatic rings. The third-order valence-electron chi connectivity index (χ3n) is 1.43. The maximum Gasteiger partial charge on any atom is 0.182 e. The Morgan fingerprint density at radius 3 is 3.17 bits per heavy atom. The third kappa shape index (κ3) is 1.28. The Morgan fingerprint density at radius 1 is 1.50 bits per heavy atom. The van der Waals surface area contributed by atoms with Gasteiger partial charge in [0, 0.05) is 0 Å². The Balaban J connectivity index is 2.31. The quantitative estimate of drug-likeness (QED) is 0.601. The lowest BCUT2D eigenvalue weighted by Crippen LogP contribution is -2.05. The van der Waals surface area contributed by atoms with E-state index in [9.17, 15) is 0 Å². The summed E-state index contributed by atoms with van der Waals surface area (Å²) >= 11 is 0. The molecule has 0 radical (unpaired) electrons. The third-order valence-corrected chi connectivity index (χ3v) is 1.43. The second-order valence-electron chi connectivity index (χ2n) is 2.22. The van der Waals surface area contributed by atoms with Crippen molar-refractivity contribution in [3.05, 3.63) is 35.9 Å². The van der Waals surface area contributed by atoms with Crippen molar-refractivity contribution in [3.63, 3.8) is 0 Å². The number of amidine groups is 1. The molecule has 0 saturated heterocycles. The van der Waals surface area contributed by atoms with E-state index in [4.69, 9.17) is 4.74 Å². The van der Waals surface area contributed by atoms with Crippen LogP contribution in [-0.2, 0) is 4.74 Å². The molecule has 2 rings (SSSR count). The molecule has 3 heteroatoms. The molecule has 0 bridgehead atoms. The molecule has 0 aliphatic carbocycles. The second-order valence-corrected chi connectivity index (χ2v) is 2.22. The summed E-state index contributed by atoms with van der Waals surface area (Å²) in [5.41, 5.74) is 0.844. The molecule has 0 fully saturated rings. The van der Waals surface area contributed by atoms with E-state index in [2.05, 4.69) is 22.1 Å². The molecule has 12 heavy (non-hydrogen) atoms. The molecule has 0 saturated carbocycles. The van der Waals surface area contributed by atoms with E-state index in [1.807, 2.05) is 12.1 Å². The van der Waals surface area contributed by atoms with Crippen molar-refractivity contribution >= 4 is 12.2 Å². The van der Waals surface area contributed by atoms with Crippen LogP contribution in [-0.4, -0.2) is 19.0 Å². The Morgan fingerprint density at radius 2 is 2.50 bits per heavy atom. The Hall–Kier alpha value is -1.82. The summed E-state index contributed by atoms with van der Waals surface area (Å²) in [4.78, 5) is 8.00. The molecule has 1 aliphatic rings. The zero-order valence-electron chi connectivity index (χ0n) is 6.32. The molecule has 1 heterocycles. The topological polar surface area (TPSA) is 34.0 Å². The first-order valence-corrected chi connectivity index (χ1v) is 3.54. The van der Waals surface area contributed by atoms with Crippen molar-refractivity contribution in [1.29, 1.82) is 0 Å². The van der Waals surface area contributed by atoms with E-state index >= 15 is 0 Å². The molecule has 58 valence electrons. The number of ether oxygens (including phenoxy) is 1. The van der Waals surface area contributed by atoms with Crippen LogP contribution in [0, 0.1) is 12.1 Å². The van der Waals surface area contributed by atoms with Crippen LogP contribution in [0.5, 0.6) is 0 Å². The van der Waals surface area contributed by atoms with Crippen molar-refractivity contribution in [2.24, 2.45) is 9.98 Å². The van der Waals surface area contributed by atoms with Crippen LogP contribution < -0.4 is 0 Å². The van der Waals surface area contributed by atoms with Gasteiger partial charge in [0.25, 0.3) is 0 Å². The van der Waals surface area contributed by atoms with Crippen LogP contribution in [0.25, 0.3) is 0 Å². The minimum Gasteiger partial charge on any atom is -0.461 e. The lowest BCUT2D eigenvalue weighted by molar-refractivity contribution is 0.329. The predicted molar refractivity (Wildman–Crippen MR) is 45.1 cm³/mol. The van der Waals surface area contributed by atoms with E-state index in [-0.39, 0.29) is 0 Å². The highest BCUT2D eigenvalue weighted by Crippen LogP contribution is 2.00. The van der Waals surface area contributed by atoms with Gasteiger partial charge in [-0.1, -0.05) is 18.2 Å². The number of nitrogens with zero attached hydrogens (tertiary/aromatic N) is 2. The van der Waals surface area contributed by atoms with Gasteiger partial charge in [-0.3, -0.25) is 0 Å². The molecule has 3 nitrogen and oxygen atoms in total. The van der Waals surface area contributed by atoms with Gasteiger partial charge in [0.05, 0.1) is 5.56 Å². The van der Waals surface area contributed by atoms with Gasteiger partial charge in [-0.2, -0.15) is 4.99 Å². The van der Waals surface area contributed by atoms with Gasteiger partial charge in [-0.05, 0) is 12.1 Å². The summed E-state index contributed by atoms with van der Waals surface area (Å²) in [6, 6.07) is 11.3. The number of hydrogen-bond acceptors (Lipinski definition) is 3. The summed E-state index contributed by atoms with van der Waals surface area (Å²) in [5.74, 6) is 0.651. The zero-order valence-corrected chi connectivity index (χ0v) is 6.32. The molecular formula is C9H6N2O. The van der Waals surface area contributed by atoms with Crippen LogP contribution in [0.4, 0.5) is 0 Å². The predicted octanol–water partition coefficient (Wildman–Crippen LogP) is 1.05. The molecule has 0 unspecified atom stereocenters. The maximum absolute atomic E-state index is 4.82. The highest BCUT2D eigenvalue weighted by molar-refractivity contribution is 6.02. The zero-order chi connectivity index (χ0) is 8.23. The highest BCUT2D eigenvalue weighted by Gasteiger charge is 2.02. The Bertz CT molecular complexity index is 317. The molecule has 1 aliphatic heterocycles. The first-order chi connectivity index (χ1) is 5.97. The summed E-state index contributed by atoms with van der Waals surface area (Å²) in [5, 5.41) is 0. The Kier molecular flexibility index (Phi) is 1.75. The molecule has 0 aromatic heterocycles. The van der Waals surface area contributed by atoms with Crippen LogP contribution in [0.15, 0.2) is 28.2 Å². The fraction of sp³-hybridized carbons (Fsp3) is 0.111. The van der Waals surface area contributed by atoms with Crippen molar-refractivity contribution in [3.8, 4) is 0 Å². The van der Waals surface area contributed by atoms with E-state index in [1.54, 1.807) is 6.07 Å². The lowest BCUT2D eigenvalue weighted by Gasteiger charge is -2.03. The normalized spacial score (nSPS) is 14.5. The summed E-state index contributed by atoms with van der Waals surface area (Å²) in [6.45, 7) is 0.335. The van der Waals surface area contributed by atoms with Crippen molar-refractivity contribution in [2.45, 2.75) is 0 Å². The van der Waals surface area contributed by atoms with Gasteiger partial charge >= 0.3 is 0 Å². The number of hydrogen-bond donors (Lipinski definition) is 0. The molecule has 1 aromatic carbocycles. The Labute approximate surface area is 70.4 Å². The van der Waals surface area contributed by atoms with Gasteiger partial charge in [0.2, 0.25) is 0 Å². The smallest absolute Gasteiger partial charge is 0.182 e. The molecule has 0 atom stereocenters. The summed E-state index contributed by atoms with van der Waals surface area (Å²) in [7, 11) is 0. The van der Waals surface area contributed by atoms with E-state index in [0.29, 0.717) is 12.6 Å². The average Bonchev–Trinajstić information content (AvgIpc) is 2.21.